The number of halogens is 1. The molecule has 1 aromatic heterocycles. The minimum absolute atomic E-state index is 0.385. The van der Waals surface area contributed by atoms with Crippen molar-refractivity contribution in [2.45, 2.75) is 6.54 Å². The van der Waals surface area contributed by atoms with E-state index in [-0.39, 0.29) is 0 Å². The Morgan fingerprint density at radius 3 is 3.14 bits per heavy atom. The lowest BCUT2D eigenvalue weighted by Gasteiger charge is -1.95. The predicted molar refractivity (Wildman–Crippen MR) is 57.8 cm³/mol. The number of fused-ring (bicyclic) bond motifs is 1. The molecule has 0 saturated heterocycles. The Labute approximate surface area is 89.0 Å². The number of nitrogens with one attached hydrogen (secondary N) is 1. The van der Waals surface area contributed by atoms with Gasteiger partial charge in [0.05, 0.1) is 6.54 Å². The summed E-state index contributed by atoms with van der Waals surface area (Å²) in [5.74, 6) is 0. The summed E-state index contributed by atoms with van der Waals surface area (Å²) >= 11 is 3.43. The first-order chi connectivity index (χ1) is 6.81. The minimum Gasteiger partial charge on any atom is -0.360 e. The van der Waals surface area contributed by atoms with Crippen LogP contribution in [0.5, 0.6) is 0 Å². The maximum atomic E-state index is 9.94. The van der Waals surface area contributed by atoms with Crippen molar-refractivity contribution < 1.29 is 4.79 Å². The van der Waals surface area contributed by atoms with Crippen molar-refractivity contribution in [1.29, 1.82) is 0 Å². The first kappa shape index (κ1) is 9.19. The van der Waals surface area contributed by atoms with Crippen molar-refractivity contribution in [3.8, 4) is 0 Å². The van der Waals surface area contributed by atoms with Gasteiger partial charge in [0.25, 0.3) is 0 Å². The summed E-state index contributed by atoms with van der Waals surface area (Å²) in [5.41, 5.74) is 2.03. The number of aromatic amines is 1. The average Bonchev–Trinajstić information content (AvgIpc) is 2.57. The smallest absolute Gasteiger partial charge is 0.235 e. The Bertz CT molecular complexity index is 512. The zero-order valence-electron chi connectivity index (χ0n) is 7.25. The molecule has 14 heavy (non-hydrogen) atoms. The first-order valence-electron chi connectivity index (χ1n) is 4.10. The monoisotopic (exact) mass is 250 g/mol. The number of rotatable bonds is 2. The fourth-order valence-corrected chi connectivity index (χ4v) is 1.82. The molecule has 0 bridgehead atoms. The second kappa shape index (κ2) is 3.78. The lowest BCUT2D eigenvalue weighted by atomic mass is 10.2. The second-order valence-corrected chi connectivity index (χ2v) is 3.78. The molecular formula is C10H7BrN2O. The average molecular weight is 251 g/mol. The zero-order valence-corrected chi connectivity index (χ0v) is 8.84. The topological polar surface area (TPSA) is 45.2 Å². The van der Waals surface area contributed by atoms with E-state index >= 15 is 0 Å². The van der Waals surface area contributed by atoms with Gasteiger partial charge in [-0.1, -0.05) is 12.1 Å². The van der Waals surface area contributed by atoms with Crippen LogP contribution < -0.4 is 0 Å². The van der Waals surface area contributed by atoms with Crippen LogP contribution >= 0.6 is 15.9 Å². The van der Waals surface area contributed by atoms with Crippen molar-refractivity contribution in [1.82, 2.24) is 4.98 Å². The number of aliphatic imine (C=N–C) groups is 1. The molecule has 0 unspecified atom stereocenters. The summed E-state index contributed by atoms with van der Waals surface area (Å²) in [4.78, 5) is 16.6. The molecule has 0 aliphatic rings. The van der Waals surface area contributed by atoms with Gasteiger partial charge in [-0.25, -0.2) is 9.79 Å². The SMILES string of the molecule is O=C=NCc1ccc2c(Br)c[nH]c2c1. The summed E-state index contributed by atoms with van der Waals surface area (Å²) in [6, 6.07) is 5.91. The normalized spacial score (nSPS) is 10.1. The van der Waals surface area contributed by atoms with Crippen molar-refractivity contribution in [2.24, 2.45) is 4.99 Å². The molecule has 0 aliphatic carbocycles. The van der Waals surface area contributed by atoms with Gasteiger partial charge in [-0.05, 0) is 27.6 Å². The Hall–Kier alpha value is -1.38. The van der Waals surface area contributed by atoms with Crippen LogP contribution in [-0.2, 0) is 11.3 Å². The number of nitrogens with zero attached hydrogens (tertiary/aromatic N) is 1. The molecule has 2 aromatic rings. The number of benzene rings is 1. The lowest BCUT2D eigenvalue weighted by molar-refractivity contribution is 0.563. The molecule has 1 N–H and O–H groups in total. The third kappa shape index (κ3) is 1.62. The molecule has 0 radical (unpaired) electrons. The third-order valence-electron chi connectivity index (χ3n) is 2.02. The molecular weight excluding hydrogens is 244 g/mol. The fraction of sp³-hybridized carbons (Fsp3) is 0.100. The van der Waals surface area contributed by atoms with Crippen LogP contribution in [0.3, 0.4) is 0 Å². The summed E-state index contributed by atoms with van der Waals surface area (Å²) in [5, 5.41) is 1.13. The van der Waals surface area contributed by atoms with Gasteiger partial charge < -0.3 is 4.98 Å². The summed E-state index contributed by atoms with van der Waals surface area (Å²) in [6.07, 6.45) is 3.41. The minimum atomic E-state index is 0.385. The highest BCUT2D eigenvalue weighted by Crippen LogP contribution is 2.24. The van der Waals surface area contributed by atoms with E-state index < -0.39 is 0 Å². The molecule has 3 nitrogen and oxygen atoms in total. The number of isocyanates is 1. The van der Waals surface area contributed by atoms with Gasteiger partial charge in [-0.2, -0.15) is 0 Å². The Morgan fingerprint density at radius 2 is 2.36 bits per heavy atom. The van der Waals surface area contributed by atoms with E-state index in [4.69, 9.17) is 0 Å². The lowest BCUT2D eigenvalue weighted by Crippen LogP contribution is -1.80. The van der Waals surface area contributed by atoms with E-state index in [0.29, 0.717) is 6.54 Å². The van der Waals surface area contributed by atoms with Gasteiger partial charge in [0.2, 0.25) is 6.08 Å². The molecule has 1 aromatic carbocycles. The summed E-state index contributed by atoms with van der Waals surface area (Å²) in [7, 11) is 0. The molecule has 1 heterocycles. The number of aromatic nitrogens is 1. The Kier molecular flexibility index (Phi) is 2.48. The highest BCUT2D eigenvalue weighted by atomic mass is 79.9. The van der Waals surface area contributed by atoms with Crippen LogP contribution in [0.25, 0.3) is 10.9 Å². The standard InChI is InChI=1S/C10H7BrN2O/c11-9-5-13-10-3-7(4-12-6-14)1-2-8(9)10/h1-3,5,13H,4H2. The maximum Gasteiger partial charge on any atom is 0.235 e. The van der Waals surface area contributed by atoms with Gasteiger partial charge in [0, 0.05) is 21.6 Å². The quantitative estimate of drug-likeness (QED) is 0.647. The van der Waals surface area contributed by atoms with Gasteiger partial charge in [-0.15, -0.1) is 0 Å². The van der Waals surface area contributed by atoms with E-state index in [9.17, 15) is 4.79 Å². The van der Waals surface area contributed by atoms with Gasteiger partial charge in [0.15, 0.2) is 0 Å². The molecule has 0 atom stereocenters. The van der Waals surface area contributed by atoms with Crippen LogP contribution in [0.2, 0.25) is 0 Å². The Balaban J connectivity index is 2.46. The fourth-order valence-electron chi connectivity index (χ4n) is 1.36. The van der Waals surface area contributed by atoms with Gasteiger partial charge in [0.1, 0.15) is 0 Å². The van der Waals surface area contributed by atoms with Crippen LogP contribution in [-0.4, -0.2) is 11.1 Å². The van der Waals surface area contributed by atoms with Crippen molar-refractivity contribution in [2.75, 3.05) is 0 Å². The molecule has 4 heteroatoms. The Morgan fingerprint density at radius 1 is 1.50 bits per heavy atom. The molecule has 0 spiro atoms. The first-order valence-corrected chi connectivity index (χ1v) is 4.89. The van der Waals surface area contributed by atoms with Crippen LogP contribution in [0, 0.1) is 0 Å². The van der Waals surface area contributed by atoms with Crippen LogP contribution in [0.15, 0.2) is 33.9 Å². The summed E-state index contributed by atoms with van der Waals surface area (Å²) < 4.78 is 1.04. The number of H-pyrrole nitrogens is 1. The molecule has 70 valence electrons. The van der Waals surface area contributed by atoms with Crippen molar-refractivity contribution in [3.05, 3.63) is 34.4 Å². The van der Waals surface area contributed by atoms with E-state index in [0.717, 1.165) is 20.9 Å². The van der Waals surface area contributed by atoms with E-state index in [1.54, 1.807) is 0 Å². The molecule has 2 rings (SSSR count). The third-order valence-corrected chi connectivity index (χ3v) is 2.68. The van der Waals surface area contributed by atoms with Crippen molar-refractivity contribution >= 4 is 32.9 Å². The highest BCUT2D eigenvalue weighted by Gasteiger charge is 2.00. The van der Waals surface area contributed by atoms with Crippen LogP contribution in [0.4, 0.5) is 0 Å². The van der Waals surface area contributed by atoms with E-state index in [1.807, 2.05) is 24.4 Å². The number of carbonyl (C=O) groups excluding carboxylic acids is 1. The highest BCUT2D eigenvalue weighted by molar-refractivity contribution is 9.10. The molecule has 0 saturated carbocycles. The second-order valence-electron chi connectivity index (χ2n) is 2.92. The summed E-state index contributed by atoms with van der Waals surface area (Å²) in [6.45, 7) is 0.385. The van der Waals surface area contributed by atoms with E-state index in [2.05, 4.69) is 25.9 Å². The molecule has 0 fully saturated rings. The largest absolute Gasteiger partial charge is 0.360 e. The van der Waals surface area contributed by atoms with Gasteiger partial charge >= 0.3 is 0 Å². The van der Waals surface area contributed by atoms with Crippen LogP contribution in [0.1, 0.15) is 5.56 Å². The van der Waals surface area contributed by atoms with E-state index in [1.165, 1.54) is 6.08 Å². The number of hydrogen-bond acceptors (Lipinski definition) is 2. The molecule has 0 amide bonds. The predicted octanol–water partition coefficient (Wildman–Crippen LogP) is 2.77. The molecule has 0 aliphatic heterocycles. The zero-order chi connectivity index (χ0) is 9.97. The maximum absolute atomic E-state index is 9.94. The number of hydrogen-bond donors (Lipinski definition) is 1. The van der Waals surface area contributed by atoms with Crippen molar-refractivity contribution in [3.63, 3.8) is 0 Å². The van der Waals surface area contributed by atoms with Gasteiger partial charge in [-0.3, -0.25) is 0 Å².